The zero-order valence-electron chi connectivity index (χ0n) is 12.8. The highest BCUT2D eigenvalue weighted by atomic mass is 15.3. The van der Waals surface area contributed by atoms with Crippen LogP contribution < -0.4 is 5.32 Å². The average Bonchev–Trinajstić information content (AvgIpc) is 2.82. The van der Waals surface area contributed by atoms with Gasteiger partial charge >= 0.3 is 0 Å². The van der Waals surface area contributed by atoms with Gasteiger partial charge in [-0.25, -0.2) is 0 Å². The summed E-state index contributed by atoms with van der Waals surface area (Å²) in [7, 11) is 2.03. The highest BCUT2D eigenvalue weighted by molar-refractivity contribution is 5.24. The Morgan fingerprint density at radius 2 is 1.75 bits per heavy atom. The predicted octanol–water partition coefficient (Wildman–Crippen LogP) is 2.93. The van der Waals surface area contributed by atoms with Crippen LogP contribution in [0.1, 0.15) is 49.1 Å². The minimum absolute atomic E-state index is 0.359. The summed E-state index contributed by atoms with van der Waals surface area (Å²) in [4.78, 5) is 0. The largest absolute Gasteiger partial charge is 0.317 e. The van der Waals surface area contributed by atoms with Crippen molar-refractivity contribution in [3.05, 3.63) is 47.0 Å². The summed E-state index contributed by atoms with van der Waals surface area (Å²) in [6.45, 7) is 7.16. The molecule has 0 bridgehead atoms. The molecule has 1 N–H and O–H groups in total. The Bertz CT molecular complexity index is 542. The second-order valence-corrected chi connectivity index (χ2v) is 5.20. The number of aryl methyl sites for hydroxylation is 2. The van der Waals surface area contributed by atoms with Gasteiger partial charge in [0.15, 0.2) is 0 Å². The van der Waals surface area contributed by atoms with Crippen molar-refractivity contribution in [2.24, 2.45) is 7.05 Å². The van der Waals surface area contributed by atoms with E-state index in [2.05, 4.69) is 65.1 Å². The van der Waals surface area contributed by atoms with Crippen LogP contribution in [0.2, 0.25) is 0 Å². The molecule has 2 rings (SSSR count). The lowest BCUT2D eigenvalue weighted by molar-refractivity contribution is 0.500. The molecule has 0 spiro atoms. The molecule has 2 aromatic rings. The Balaban J connectivity index is 2.03. The van der Waals surface area contributed by atoms with Gasteiger partial charge in [-0.05, 0) is 18.9 Å². The molecule has 0 unspecified atom stereocenters. The highest BCUT2D eigenvalue weighted by Gasteiger charge is 2.11. The van der Waals surface area contributed by atoms with Crippen LogP contribution in [0.15, 0.2) is 24.3 Å². The monoisotopic (exact) mass is 272 g/mol. The second kappa shape index (κ2) is 6.66. The van der Waals surface area contributed by atoms with Gasteiger partial charge in [0.1, 0.15) is 11.6 Å². The van der Waals surface area contributed by atoms with Crippen molar-refractivity contribution in [3.8, 4) is 0 Å². The van der Waals surface area contributed by atoms with Crippen LogP contribution >= 0.6 is 0 Å². The van der Waals surface area contributed by atoms with Crippen LogP contribution in [0.4, 0.5) is 0 Å². The van der Waals surface area contributed by atoms with E-state index < -0.39 is 0 Å². The van der Waals surface area contributed by atoms with Gasteiger partial charge in [0.2, 0.25) is 0 Å². The first-order valence-corrected chi connectivity index (χ1v) is 7.32. The molecule has 0 aliphatic heterocycles. The lowest BCUT2D eigenvalue weighted by Gasteiger charge is -2.17. The fourth-order valence-electron chi connectivity index (χ4n) is 2.37. The third-order valence-electron chi connectivity index (χ3n) is 3.77. The quantitative estimate of drug-likeness (QED) is 0.879. The van der Waals surface area contributed by atoms with Crippen molar-refractivity contribution < 1.29 is 0 Å². The van der Waals surface area contributed by atoms with Crippen molar-refractivity contribution in [1.29, 1.82) is 0 Å². The maximum absolute atomic E-state index is 4.25. The molecule has 0 saturated carbocycles. The second-order valence-electron chi connectivity index (χ2n) is 5.20. The molecule has 4 heteroatoms. The summed E-state index contributed by atoms with van der Waals surface area (Å²) >= 11 is 0. The Morgan fingerprint density at radius 3 is 2.30 bits per heavy atom. The summed E-state index contributed by atoms with van der Waals surface area (Å²) in [5.74, 6) is 2.03. The minimum atomic E-state index is 0.359. The van der Waals surface area contributed by atoms with E-state index in [4.69, 9.17) is 0 Å². The van der Waals surface area contributed by atoms with Crippen LogP contribution in [0.5, 0.6) is 0 Å². The standard InChI is InChI=1S/C16H24N4/c1-5-14(13-9-7-12(3)8-10-13)17-11-16-19-18-15(6-2)20(16)4/h7-10,14,17H,5-6,11H2,1-4H3/t14-/m0/s1. The van der Waals surface area contributed by atoms with E-state index in [0.717, 1.165) is 31.0 Å². The van der Waals surface area contributed by atoms with E-state index in [1.165, 1.54) is 11.1 Å². The van der Waals surface area contributed by atoms with Gasteiger partial charge in [-0.1, -0.05) is 43.7 Å². The Kier molecular flexibility index (Phi) is 4.90. The molecule has 1 aromatic carbocycles. The van der Waals surface area contributed by atoms with Crippen molar-refractivity contribution in [2.45, 2.75) is 46.2 Å². The molecule has 4 nitrogen and oxygen atoms in total. The summed E-state index contributed by atoms with van der Waals surface area (Å²) in [6.07, 6.45) is 1.97. The Labute approximate surface area is 121 Å². The normalized spacial score (nSPS) is 12.6. The average molecular weight is 272 g/mol. The molecule has 0 aliphatic carbocycles. The maximum atomic E-state index is 4.25. The number of nitrogens with one attached hydrogen (secondary N) is 1. The molecule has 0 aliphatic rings. The number of hydrogen-bond donors (Lipinski definition) is 1. The van der Waals surface area contributed by atoms with Crippen molar-refractivity contribution in [1.82, 2.24) is 20.1 Å². The SMILES string of the molecule is CCc1nnc(CN[C@@H](CC)c2ccc(C)cc2)n1C. The lowest BCUT2D eigenvalue weighted by Crippen LogP contribution is -2.22. The topological polar surface area (TPSA) is 42.7 Å². The minimum Gasteiger partial charge on any atom is -0.317 e. The summed E-state index contributed by atoms with van der Waals surface area (Å²) < 4.78 is 2.08. The van der Waals surface area contributed by atoms with E-state index in [1.54, 1.807) is 0 Å². The highest BCUT2D eigenvalue weighted by Crippen LogP contribution is 2.17. The number of rotatable bonds is 6. The van der Waals surface area contributed by atoms with Gasteiger partial charge in [-0.3, -0.25) is 0 Å². The van der Waals surface area contributed by atoms with Crippen molar-refractivity contribution in [2.75, 3.05) is 0 Å². The zero-order valence-corrected chi connectivity index (χ0v) is 12.8. The molecule has 1 heterocycles. The van der Waals surface area contributed by atoms with E-state index in [9.17, 15) is 0 Å². The van der Waals surface area contributed by atoms with E-state index in [1.807, 2.05) is 7.05 Å². The lowest BCUT2D eigenvalue weighted by atomic mass is 10.0. The number of benzene rings is 1. The summed E-state index contributed by atoms with van der Waals surface area (Å²) in [5, 5.41) is 12.0. The molecule has 0 saturated heterocycles. The summed E-state index contributed by atoms with van der Waals surface area (Å²) in [6, 6.07) is 9.08. The van der Waals surface area contributed by atoms with Crippen LogP contribution in [0.3, 0.4) is 0 Å². The molecule has 1 atom stereocenters. The molecule has 0 amide bonds. The third-order valence-corrected chi connectivity index (χ3v) is 3.77. The van der Waals surface area contributed by atoms with E-state index >= 15 is 0 Å². The molecule has 1 aromatic heterocycles. The van der Waals surface area contributed by atoms with Crippen LogP contribution in [0.25, 0.3) is 0 Å². The molecule has 108 valence electrons. The maximum Gasteiger partial charge on any atom is 0.146 e. The number of nitrogens with zero attached hydrogens (tertiary/aromatic N) is 3. The van der Waals surface area contributed by atoms with E-state index in [-0.39, 0.29) is 0 Å². The first-order valence-electron chi connectivity index (χ1n) is 7.32. The summed E-state index contributed by atoms with van der Waals surface area (Å²) in [5.41, 5.74) is 2.63. The Morgan fingerprint density at radius 1 is 1.10 bits per heavy atom. The van der Waals surface area contributed by atoms with Gasteiger partial charge in [0.05, 0.1) is 6.54 Å². The van der Waals surface area contributed by atoms with E-state index in [0.29, 0.717) is 6.04 Å². The molecule has 0 radical (unpaired) electrons. The Hall–Kier alpha value is -1.68. The van der Waals surface area contributed by atoms with Crippen LogP contribution in [-0.4, -0.2) is 14.8 Å². The van der Waals surface area contributed by atoms with Crippen molar-refractivity contribution in [3.63, 3.8) is 0 Å². The third kappa shape index (κ3) is 3.25. The van der Waals surface area contributed by atoms with Gasteiger partial charge in [0.25, 0.3) is 0 Å². The van der Waals surface area contributed by atoms with Gasteiger partial charge in [-0.2, -0.15) is 0 Å². The predicted molar refractivity (Wildman–Crippen MR) is 81.4 cm³/mol. The number of hydrogen-bond acceptors (Lipinski definition) is 3. The van der Waals surface area contributed by atoms with Gasteiger partial charge in [0, 0.05) is 19.5 Å². The van der Waals surface area contributed by atoms with Crippen LogP contribution in [-0.2, 0) is 20.0 Å². The zero-order chi connectivity index (χ0) is 14.5. The van der Waals surface area contributed by atoms with Crippen LogP contribution in [0, 0.1) is 6.92 Å². The molecular weight excluding hydrogens is 248 g/mol. The molecule has 0 fully saturated rings. The van der Waals surface area contributed by atoms with Crippen molar-refractivity contribution >= 4 is 0 Å². The fourth-order valence-corrected chi connectivity index (χ4v) is 2.37. The first-order chi connectivity index (χ1) is 9.65. The van der Waals surface area contributed by atoms with Gasteiger partial charge < -0.3 is 9.88 Å². The van der Waals surface area contributed by atoms with Gasteiger partial charge in [-0.15, -0.1) is 10.2 Å². The molecule has 20 heavy (non-hydrogen) atoms. The molecular formula is C16H24N4. The first kappa shape index (κ1) is 14.7. The smallest absolute Gasteiger partial charge is 0.146 e. The fraction of sp³-hybridized carbons (Fsp3) is 0.500. The number of aromatic nitrogens is 3.